The summed E-state index contributed by atoms with van der Waals surface area (Å²) in [6, 6.07) is 0.267. The van der Waals surface area contributed by atoms with Crippen molar-refractivity contribution in [3.05, 3.63) is 0 Å². The standard InChI is InChI=1S/C14H30N2/c1-12(15)14(4,5)11-16-9-6-7-13(2,3)8-10-16/h12H,6-11,15H2,1-5H3. The lowest BCUT2D eigenvalue weighted by Gasteiger charge is -2.35. The van der Waals surface area contributed by atoms with Crippen LogP contribution in [0.1, 0.15) is 53.9 Å². The summed E-state index contributed by atoms with van der Waals surface area (Å²) in [4.78, 5) is 2.61. The molecule has 0 aromatic rings. The third-order valence-corrected chi connectivity index (χ3v) is 4.30. The van der Waals surface area contributed by atoms with E-state index in [4.69, 9.17) is 5.73 Å². The minimum Gasteiger partial charge on any atom is -0.327 e. The second kappa shape index (κ2) is 5.05. The molecule has 1 heterocycles. The molecule has 2 heteroatoms. The van der Waals surface area contributed by atoms with Crippen molar-refractivity contribution >= 4 is 0 Å². The molecule has 96 valence electrons. The summed E-state index contributed by atoms with van der Waals surface area (Å²) in [7, 11) is 0. The molecule has 1 saturated heterocycles. The predicted octanol–water partition coefficient (Wildman–Crippen LogP) is 2.87. The van der Waals surface area contributed by atoms with Crippen LogP contribution in [0.25, 0.3) is 0 Å². The van der Waals surface area contributed by atoms with E-state index in [0.717, 1.165) is 6.54 Å². The first-order valence-electron chi connectivity index (χ1n) is 6.71. The summed E-state index contributed by atoms with van der Waals surface area (Å²) in [5.41, 5.74) is 6.82. The topological polar surface area (TPSA) is 29.3 Å². The lowest BCUT2D eigenvalue weighted by molar-refractivity contribution is 0.157. The van der Waals surface area contributed by atoms with Gasteiger partial charge in [-0.3, -0.25) is 0 Å². The van der Waals surface area contributed by atoms with Crippen LogP contribution in [0, 0.1) is 10.8 Å². The Balaban J connectivity index is 2.50. The Morgan fingerprint density at radius 3 is 2.44 bits per heavy atom. The van der Waals surface area contributed by atoms with Crippen LogP contribution in [-0.2, 0) is 0 Å². The van der Waals surface area contributed by atoms with Crippen molar-refractivity contribution in [2.45, 2.75) is 59.9 Å². The molecule has 0 saturated carbocycles. The summed E-state index contributed by atoms with van der Waals surface area (Å²) in [6.07, 6.45) is 4.02. The van der Waals surface area contributed by atoms with Gasteiger partial charge in [0, 0.05) is 12.6 Å². The van der Waals surface area contributed by atoms with Gasteiger partial charge in [0.05, 0.1) is 0 Å². The van der Waals surface area contributed by atoms with Crippen LogP contribution in [0.4, 0.5) is 0 Å². The molecule has 0 radical (unpaired) electrons. The van der Waals surface area contributed by atoms with Gasteiger partial charge in [-0.2, -0.15) is 0 Å². The van der Waals surface area contributed by atoms with Crippen LogP contribution < -0.4 is 5.73 Å². The third kappa shape index (κ3) is 4.06. The van der Waals surface area contributed by atoms with Gasteiger partial charge in [-0.25, -0.2) is 0 Å². The third-order valence-electron chi connectivity index (χ3n) is 4.30. The Morgan fingerprint density at radius 1 is 1.25 bits per heavy atom. The molecular weight excluding hydrogens is 196 g/mol. The van der Waals surface area contributed by atoms with Crippen LogP contribution >= 0.6 is 0 Å². The van der Waals surface area contributed by atoms with Crippen LogP contribution in [0.2, 0.25) is 0 Å². The molecule has 0 amide bonds. The van der Waals surface area contributed by atoms with E-state index in [2.05, 4.69) is 39.5 Å². The Morgan fingerprint density at radius 2 is 1.88 bits per heavy atom. The highest BCUT2D eigenvalue weighted by atomic mass is 15.1. The minimum atomic E-state index is 0.231. The van der Waals surface area contributed by atoms with Crippen molar-refractivity contribution in [3.63, 3.8) is 0 Å². The Hall–Kier alpha value is -0.0800. The number of rotatable bonds is 3. The van der Waals surface area contributed by atoms with Gasteiger partial charge < -0.3 is 10.6 Å². The zero-order valence-electron chi connectivity index (χ0n) is 11.8. The fourth-order valence-electron chi connectivity index (χ4n) is 2.36. The number of hydrogen-bond acceptors (Lipinski definition) is 2. The summed E-state index contributed by atoms with van der Waals surface area (Å²) in [6.45, 7) is 15.1. The molecule has 0 spiro atoms. The monoisotopic (exact) mass is 226 g/mol. The maximum atomic E-state index is 6.05. The number of likely N-dealkylation sites (tertiary alicyclic amines) is 1. The molecule has 1 atom stereocenters. The Bertz CT molecular complexity index is 219. The molecule has 1 fully saturated rings. The summed E-state index contributed by atoms with van der Waals surface area (Å²) < 4.78 is 0. The van der Waals surface area contributed by atoms with Crippen LogP contribution in [0.5, 0.6) is 0 Å². The molecule has 1 unspecified atom stereocenters. The van der Waals surface area contributed by atoms with E-state index in [1.807, 2.05) is 0 Å². The largest absolute Gasteiger partial charge is 0.327 e. The van der Waals surface area contributed by atoms with Gasteiger partial charge in [0.25, 0.3) is 0 Å². The Kier molecular flexibility index (Phi) is 4.42. The molecule has 0 aromatic carbocycles. The van der Waals surface area contributed by atoms with E-state index >= 15 is 0 Å². The van der Waals surface area contributed by atoms with Crippen LogP contribution in [0.15, 0.2) is 0 Å². The first-order chi connectivity index (χ1) is 7.23. The van der Waals surface area contributed by atoms with Gasteiger partial charge in [0.2, 0.25) is 0 Å². The highest BCUT2D eigenvalue weighted by Gasteiger charge is 2.29. The van der Waals surface area contributed by atoms with E-state index < -0.39 is 0 Å². The highest BCUT2D eigenvalue weighted by Crippen LogP contribution is 2.31. The molecule has 2 nitrogen and oxygen atoms in total. The van der Waals surface area contributed by atoms with Gasteiger partial charge in [0.15, 0.2) is 0 Å². The number of hydrogen-bond donors (Lipinski definition) is 1. The van der Waals surface area contributed by atoms with Gasteiger partial charge in [-0.1, -0.05) is 27.7 Å². The van der Waals surface area contributed by atoms with Crippen molar-refractivity contribution in [2.24, 2.45) is 16.6 Å². The van der Waals surface area contributed by atoms with E-state index in [1.54, 1.807) is 0 Å². The molecule has 0 aliphatic carbocycles. The summed E-state index contributed by atoms with van der Waals surface area (Å²) in [5.74, 6) is 0. The molecule has 2 N–H and O–H groups in total. The Labute approximate surface area is 102 Å². The summed E-state index contributed by atoms with van der Waals surface area (Å²) >= 11 is 0. The first-order valence-corrected chi connectivity index (χ1v) is 6.71. The van der Waals surface area contributed by atoms with Crippen molar-refractivity contribution in [2.75, 3.05) is 19.6 Å². The fraction of sp³-hybridized carbons (Fsp3) is 1.00. The first kappa shape index (κ1) is 14.0. The number of nitrogens with zero attached hydrogens (tertiary/aromatic N) is 1. The molecule has 16 heavy (non-hydrogen) atoms. The average Bonchev–Trinajstić information content (AvgIpc) is 2.27. The molecule has 0 bridgehead atoms. The minimum absolute atomic E-state index is 0.231. The fourth-order valence-corrected chi connectivity index (χ4v) is 2.36. The molecule has 1 rings (SSSR count). The van der Waals surface area contributed by atoms with Gasteiger partial charge in [0.1, 0.15) is 0 Å². The zero-order valence-corrected chi connectivity index (χ0v) is 11.8. The van der Waals surface area contributed by atoms with E-state index in [-0.39, 0.29) is 11.5 Å². The smallest absolute Gasteiger partial charge is 0.00739 e. The maximum Gasteiger partial charge on any atom is 0.00739 e. The zero-order chi connectivity index (χ0) is 12.4. The second-order valence-corrected chi connectivity index (χ2v) is 7.07. The normalized spacial score (nSPS) is 25.1. The maximum absolute atomic E-state index is 6.05. The van der Waals surface area contributed by atoms with Crippen molar-refractivity contribution < 1.29 is 0 Å². The average molecular weight is 226 g/mol. The van der Waals surface area contributed by atoms with Gasteiger partial charge in [-0.05, 0) is 50.1 Å². The van der Waals surface area contributed by atoms with Crippen molar-refractivity contribution in [3.8, 4) is 0 Å². The van der Waals surface area contributed by atoms with Crippen LogP contribution in [-0.4, -0.2) is 30.6 Å². The summed E-state index contributed by atoms with van der Waals surface area (Å²) in [5, 5.41) is 0. The molecule has 1 aliphatic rings. The van der Waals surface area contributed by atoms with Crippen LogP contribution in [0.3, 0.4) is 0 Å². The van der Waals surface area contributed by atoms with Crippen molar-refractivity contribution in [1.82, 2.24) is 4.90 Å². The van der Waals surface area contributed by atoms with E-state index in [0.29, 0.717) is 5.41 Å². The van der Waals surface area contributed by atoms with Gasteiger partial charge >= 0.3 is 0 Å². The SMILES string of the molecule is CC(N)C(C)(C)CN1CCCC(C)(C)CC1. The highest BCUT2D eigenvalue weighted by molar-refractivity contribution is 4.84. The van der Waals surface area contributed by atoms with Crippen molar-refractivity contribution in [1.29, 1.82) is 0 Å². The molecular formula is C14H30N2. The predicted molar refractivity (Wildman–Crippen MR) is 71.5 cm³/mol. The molecule has 0 aromatic heterocycles. The number of nitrogens with two attached hydrogens (primary N) is 1. The van der Waals surface area contributed by atoms with E-state index in [1.165, 1.54) is 32.4 Å². The lowest BCUT2D eigenvalue weighted by atomic mass is 9.84. The lowest BCUT2D eigenvalue weighted by Crippen LogP contribution is -2.44. The molecule has 1 aliphatic heterocycles. The van der Waals surface area contributed by atoms with Gasteiger partial charge in [-0.15, -0.1) is 0 Å². The van der Waals surface area contributed by atoms with E-state index in [9.17, 15) is 0 Å². The quantitative estimate of drug-likeness (QED) is 0.802. The second-order valence-electron chi connectivity index (χ2n) is 7.07.